The number of nitrogens with two attached hydrogens (primary N) is 2. The average molecular weight is 252 g/mol. The van der Waals surface area contributed by atoms with Gasteiger partial charge in [-0.3, -0.25) is 4.79 Å². The summed E-state index contributed by atoms with van der Waals surface area (Å²) in [6.07, 6.45) is 0. The van der Waals surface area contributed by atoms with E-state index in [9.17, 15) is 10.1 Å². The molecule has 0 atom stereocenters. The number of nitrogen functional groups attached to an aromatic ring is 1. The molecule has 0 spiro atoms. The lowest BCUT2D eigenvalue weighted by atomic mass is 9.99. The van der Waals surface area contributed by atoms with E-state index in [1.54, 1.807) is 6.92 Å². The molecule has 0 saturated carbocycles. The van der Waals surface area contributed by atoms with Gasteiger partial charge >= 0.3 is 0 Å². The predicted octanol–water partition coefficient (Wildman–Crippen LogP) is 1.61. The van der Waals surface area contributed by atoms with E-state index in [1.807, 2.05) is 36.4 Å². The van der Waals surface area contributed by atoms with Crippen LogP contribution in [0, 0.1) is 18.3 Å². The highest BCUT2D eigenvalue weighted by atomic mass is 16.1. The van der Waals surface area contributed by atoms with E-state index < -0.39 is 5.91 Å². The summed E-state index contributed by atoms with van der Waals surface area (Å²) in [5, 5.41) is 9.27. The Morgan fingerprint density at radius 2 is 1.95 bits per heavy atom. The second-order valence-electron chi connectivity index (χ2n) is 4.05. The normalized spacial score (nSPS) is 9.89. The fraction of sp³-hybridized carbons (Fsp3) is 0.0714. The number of amides is 1. The van der Waals surface area contributed by atoms with E-state index in [-0.39, 0.29) is 16.8 Å². The molecule has 1 amide bonds. The maximum Gasteiger partial charge on any atom is 0.252 e. The number of hydrogen-bond acceptors (Lipinski definition) is 4. The van der Waals surface area contributed by atoms with Crippen LogP contribution in [0.5, 0.6) is 0 Å². The second kappa shape index (κ2) is 4.78. The Hall–Kier alpha value is -2.87. The van der Waals surface area contributed by atoms with Gasteiger partial charge in [0.1, 0.15) is 6.07 Å². The Bertz CT molecular complexity index is 687. The average Bonchev–Trinajstić information content (AvgIpc) is 2.41. The molecule has 19 heavy (non-hydrogen) atoms. The van der Waals surface area contributed by atoms with Crippen LogP contribution in [0.3, 0.4) is 0 Å². The number of carbonyl (C=O) groups is 1. The number of aryl methyl sites for hydroxylation is 1. The number of hydrogen-bond donors (Lipinski definition) is 2. The molecule has 0 aliphatic carbocycles. The summed E-state index contributed by atoms with van der Waals surface area (Å²) in [7, 11) is 0. The lowest BCUT2D eigenvalue weighted by molar-refractivity contribution is 0.100. The van der Waals surface area contributed by atoms with Gasteiger partial charge in [0.25, 0.3) is 5.91 Å². The molecule has 94 valence electrons. The maximum absolute atomic E-state index is 11.5. The van der Waals surface area contributed by atoms with Crippen molar-refractivity contribution in [2.24, 2.45) is 5.73 Å². The molecule has 0 aliphatic rings. The molecule has 0 radical (unpaired) electrons. The standard InChI is InChI=1S/C14H12N4O/c1-8-12(16)11(14(17)19)10(7-15)13(18-8)9-5-3-2-4-6-9/h2-6H,16H2,1H3,(H2,17,19). The zero-order chi connectivity index (χ0) is 14.0. The van der Waals surface area contributed by atoms with Crippen molar-refractivity contribution in [3.8, 4) is 17.3 Å². The molecule has 0 fully saturated rings. The first kappa shape index (κ1) is 12.6. The van der Waals surface area contributed by atoms with Crippen molar-refractivity contribution in [2.45, 2.75) is 6.92 Å². The number of nitrogens with zero attached hydrogens (tertiary/aromatic N) is 2. The number of aromatic nitrogens is 1. The number of rotatable bonds is 2. The summed E-state index contributed by atoms with van der Waals surface area (Å²) < 4.78 is 0. The second-order valence-corrected chi connectivity index (χ2v) is 4.05. The third-order valence-electron chi connectivity index (χ3n) is 2.83. The van der Waals surface area contributed by atoms with Gasteiger partial charge in [0, 0.05) is 5.56 Å². The quantitative estimate of drug-likeness (QED) is 0.846. The van der Waals surface area contributed by atoms with E-state index in [0.717, 1.165) is 5.56 Å². The Kier molecular flexibility index (Phi) is 3.17. The third kappa shape index (κ3) is 2.11. The Morgan fingerprint density at radius 3 is 2.47 bits per heavy atom. The maximum atomic E-state index is 11.5. The van der Waals surface area contributed by atoms with Crippen molar-refractivity contribution >= 4 is 11.6 Å². The van der Waals surface area contributed by atoms with E-state index in [2.05, 4.69) is 4.98 Å². The molecule has 1 aromatic heterocycles. The molecule has 5 heteroatoms. The first-order chi connectivity index (χ1) is 9.06. The van der Waals surface area contributed by atoms with Gasteiger partial charge in [-0.1, -0.05) is 30.3 Å². The molecule has 0 saturated heterocycles. The largest absolute Gasteiger partial charge is 0.397 e. The van der Waals surface area contributed by atoms with Crippen LogP contribution in [0.2, 0.25) is 0 Å². The molecule has 5 nitrogen and oxygen atoms in total. The number of primary amides is 1. The highest BCUT2D eigenvalue weighted by molar-refractivity contribution is 6.02. The third-order valence-corrected chi connectivity index (χ3v) is 2.83. The summed E-state index contributed by atoms with van der Waals surface area (Å²) in [5.74, 6) is -0.725. The SMILES string of the molecule is Cc1nc(-c2ccccc2)c(C#N)c(C(N)=O)c1N. The zero-order valence-electron chi connectivity index (χ0n) is 10.3. The van der Waals surface area contributed by atoms with Crippen molar-refractivity contribution in [3.63, 3.8) is 0 Å². The van der Waals surface area contributed by atoms with E-state index in [4.69, 9.17) is 11.5 Å². The Labute approximate surface area is 110 Å². The van der Waals surface area contributed by atoms with Crippen LogP contribution in [-0.2, 0) is 0 Å². The first-order valence-electron chi connectivity index (χ1n) is 5.61. The number of nitriles is 1. The molecular formula is C14H12N4O. The molecule has 2 aromatic rings. The first-order valence-corrected chi connectivity index (χ1v) is 5.61. The highest BCUT2D eigenvalue weighted by Gasteiger charge is 2.20. The molecule has 0 bridgehead atoms. The van der Waals surface area contributed by atoms with Gasteiger partial charge in [-0.25, -0.2) is 4.98 Å². The zero-order valence-corrected chi connectivity index (χ0v) is 10.3. The lowest BCUT2D eigenvalue weighted by Gasteiger charge is -2.11. The minimum atomic E-state index is -0.725. The van der Waals surface area contributed by atoms with Gasteiger partial charge in [-0.2, -0.15) is 5.26 Å². The van der Waals surface area contributed by atoms with Crippen molar-refractivity contribution in [2.75, 3.05) is 5.73 Å². The molecule has 4 N–H and O–H groups in total. The Balaban J connectivity index is 2.84. The fourth-order valence-corrected chi connectivity index (χ4v) is 1.89. The van der Waals surface area contributed by atoms with Crippen molar-refractivity contribution in [3.05, 3.63) is 47.2 Å². The van der Waals surface area contributed by atoms with Crippen LogP contribution in [-0.4, -0.2) is 10.9 Å². The van der Waals surface area contributed by atoms with Crippen LogP contribution >= 0.6 is 0 Å². The molecule has 2 rings (SSSR count). The molecule has 1 heterocycles. The van der Waals surface area contributed by atoms with Gasteiger partial charge in [0.15, 0.2) is 0 Å². The summed E-state index contributed by atoms with van der Waals surface area (Å²) in [6, 6.07) is 11.1. The van der Waals surface area contributed by atoms with Crippen LogP contribution < -0.4 is 11.5 Å². The summed E-state index contributed by atoms with van der Waals surface area (Å²) >= 11 is 0. The van der Waals surface area contributed by atoms with Crippen LogP contribution in [0.15, 0.2) is 30.3 Å². The minimum absolute atomic E-state index is 0.0360. The number of anilines is 1. The smallest absolute Gasteiger partial charge is 0.252 e. The van der Waals surface area contributed by atoms with Crippen LogP contribution in [0.25, 0.3) is 11.3 Å². The lowest BCUT2D eigenvalue weighted by Crippen LogP contribution is -2.18. The summed E-state index contributed by atoms with van der Waals surface area (Å²) in [4.78, 5) is 15.8. The summed E-state index contributed by atoms with van der Waals surface area (Å²) in [6.45, 7) is 1.68. The number of pyridine rings is 1. The topological polar surface area (TPSA) is 106 Å². The summed E-state index contributed by atoms with van der Waals surface area (Å²) in [5.41, 5.74) is 13.0. The number of benzene rings is 1. The van der Waals surface area contributed by atoms with Gasteiger partial charge in [0.2, 0.25) is 0 Å². The Morgan fingerprint density at radius 1 is 1.32 bits per heavy atom. The highest BCUT2D eigenvalue weighted by Crippen LogP contribution is 2.28. The van der Waals surface area contributed by atoms with Gasteiger partial charge in [-0.15, -0.1) is 0 Å². The fourth-order valence-electron chi connectivity index (χ4n) is 1.89. The van der Waals surface area contributed by atoms with Crippen LogP contribution in [0.1, 0.15) is 21.6 Å². The predicted molar refractivity (Wildman–Crippen MR) is 72.1 cm³/mol. The molecule has 1 aromatic carbocycles. The molecular weight excluding hydrogens is 240 g/mol. The van der Waals surface area contributed by atoms with E-state index >= 15 is 0 Å². The van der Waals surface area contributed by atoms with Crippen molar-refractivity contribution in [1.82, 2.24) is 4.98 Å². The van der Waals surface area contributed by atoms with Crippen LogP contribution in [0.4, 0.5) is 5.69 Å². The minimum Gasteiger partial charge on any atom is -0.397 e. The van der Waals surface area contributed by atoms with Crippen molar-refractivity contribution in [1.29, 1.82) is 5.26 Å². The van der Waals surface area contributed by atoms with Gasteiger partial charge < -0.3 is 11.5 Å². The monoisotopic (exact) mass is 252 g/mol. The van der Waals surface area contributed by atoms with E-state index in [0.29, 0.717) is 11.4 Å². The number of carbonyl (C=O) groups excluding carboxylic acids is 1. The van der Waals surface area contributed by atoms with Gasteiger partial charge in [-0.05, 0) is 6.92 Å². The van der Waals surface area contributed by atoms with Gasteiger partial charge in [0.05, 0.1) is 28.2 Å². The van der Waals surface area contributed by atoms with E-state index in [1.165, 1.54) is 0 Å². The molecule has 0 unspecified atom stereocenters. The van der Waals surface area contributed by atoms with Crippen molar-refractivity contribution < 1.29 is 4.79 Å². The molecule has 0 aliphatic heterocycles.